The van der Waals surface area contributed by atoms with E-state index in [4.69, 9.17) is 10.3 Å². The van der Waals surface area contributed by atoms with Crippen molar-refractivity contribution in [1.82, 2.24) is 10.1 Å². The van der Waals surface area contributed by atoms with Crippen LogP contribution in [0, 0.1) is 6.92 Å². The molecule has 2 heterocycles. The second-order valence-electron chi connectivity index (χ2n) is 5.46. The van der Waals surface area contributed by atoms with Crippen molar-refractivity contribution in [2.24, 2.45) is 5.73 Å². The van der Waals surface area contributed by atoms with E-state index in [-0.39, 0.29) is 0 Å². The number of hydrogen-bond acceptors (Lipinski definition) is 5. The van der Waals surface area contributed by atoms with E-state index in [1.54, 1.807) is 11.3 Å². The van der Waals surface area contributed by atoms with Gasteiger partial charge in [-0.15, -0.1) is 0 Å². The summed E-state index contributed by atoms with van der Waals surface area (Å²) < 4.78 is 5.41. The molecule has 2 N–H and O–H groups in total. The number of hydrogen-bond donors (Lipinski definition) is 1. The van der Waals surface area contributed by atoms with E-state index in [1.165, 1.54) is 18.4 Å². The lowest BCUT2D eigenvalue weighted by molar-refractivity contribution is 0.334. The average Bonchev–Trinajstić information content (AvgIpc) is 2.97. The SMILES string of the molecule is Cc1cscc1-c1nc(C2(N)CCCCCC2)no1. The Morgan fingerprint density at radius 2 is 1.95 bits per heavy atom. The molecule has 0 unspecified atom stereocenters. The van der Waals surface area contributed by atoms with Gasteiger partial charge in [-0.1, -0.05) is 30.8 Å². The maximum Gasteiger partial charge on any atom is 0.259 e. The molecule has 4 nitrogen and oxygen atoms in total. The Morgan fingerprint density at radius 1 is 1.21 bits per heavy atom. The first kappa shape index (κ1) is 12.8. The zero-order valence-corrected chi connectivity index (χ0v) is 12.0. The highest BCUT2D eigenvalue weighted by molar-refractivity contribution is 7.08. The third-order valence-corrected chi connectivity index (χ3v) is 4.81. The lowest BCUT2D eigenvalue weighted by Gasteiger charge is -2.23. The Labute approximate surface area is 117 Å². The van der Waals surface area contributed by atoms with E-state index >= 15 is 0 Å². The highest BCUT2D eigenvalue weighted by Gasteiger charge is 2.33. The molecular weight excluding hydrogens is 258 g/mol. The van der Waals surface area contributed by atoms with Crippen LogP contribution in [-0.2, 0) is 5.54 Å². The summed E-state index contributed by atoms with van der Waals surface area (Å²) in [6, 6.07) is 0. The maximum absolute atomic E-state index is 6.50. The van der Waals surface area contributed by atoms with Gasteiger partial charge in [0.1, 0.15) is 0 Å². The van der Waals surface area contributed by atoms with Gasteiger partial charge in [-0.05, 0) is 30.7 Å². The Morgan fingerprint density at radius 3 is 2.58 bits per heavy atom. The van der Waals surface area contributed by atoms with Crippen LogP contribution in [0.1, 0.15) is 49.9 Å². The van der Waals surface area contributed by atoms with Crippen molar-refractivity contribution in [3.8, 4) is 11.5 Å². The monoisotopic (exact) mass is 277 g/mol. The van der Waals surface area contributed by atoms with Gasteiger partial charge in [0.05, 0.1) is 11.1 Å². The Kier molecular flexibility index (Phi) is 3.41. The van der Waals surface area contributed by atoms with E-state index in [9.17, 15) is 0 Å². The molecule has 0 atom stereocenters. The standard InChI is InChI=1S/C14H19N3OS/c1-10-8-19-9-11(10)12-16-13(17-18-12)14(15)6-4-2-3-5-7-14/h8-9H,2-7,15H2,1H3. The molecule has 0 saturated heterocycles. The second kappa shape index (κ2) is 5.06. The summed E-state index contributed by atoms with van der Waals surface area (Å²) in [5, 5.41) is 8.27. The molecule has 5 heteroatoms. The minimum atomic E-state index is -0.401. The summed E-state index contributed by atoms with van der Waals surface area (Å²) >= 11 is 1.65. The molecule has 0 aromatic carbocycles. The fourth-order valence-electron chi connectivity index (χ4n) is 2.70. The molecule has 0 bridgehead atoms. The van der Waals surface area contributed by atoms with E-state index in [0.717, 1.165) is 31.2 Å². The van der Waals surface area contributed by atoms with E-state index in [2.05, 4.69) is 22.4 Å². The van der Waals surface area contributed by atoms with Gasteiger partial charge in [-0.25, -0.2) is 0 Å². The summed E-state index contributed by atoms with van der Waals surface area (Å²) in [7, 11) is 0. The number of nitrogens with zero attached hydrogens (tertiary/aromatic N) is 2. The molecule has 2 aromatic rings. The predicted octanol–water partition coefficient (Wildman–Crippen LogP) is 3.61. The molecule has 1 saturated carbocycles. The van der Waals surface area contributed by atoms with Crippen LogP contribution in [0.4, 0.5) is 0 Å². The summed E-state index contributed by atoms with van der Waals surface area (Å²) in [6.07, 6.45) is 6.72. The highest BCUT2D eigenvalue weighted by Crippen LogP contribution is 2.34. The van der Waals surface area contributed by atoms with Crippen molar-refractivity contribution in [2.45, 2.75) is 51.0 Å². The topological polar surface area (TPSA) is 64.9 Å². The fraction of sp³-hybridized carbons (Fsp3) is 0.571. The molecule has 19 heavy (non-hydrogen) atoms. The van der Waals surface area contributed by atoms with E-state index in [1.807, 2.05) is 5.38 Å². The van der Waals surface area contributed by atoms with Crippen molar-refractivity contribution in [2.75, 3.05) is 0 Å². The van der Waals surface area contributed by atoms with E-state index < -0.39 is 5.54 Å². The van der Waals surface area contributed by atoms with Gasteiger partial charge in [-0.2, -0.15) is 16.3 Å². The maximum atomic E-state index is 6.50. The van der Waals surface area contributed by atoms with Crippen molar-refractivity contribution in [1.29, 1.82) is 0 Å². The Balaban J connectivity index is 1.90. The number of aromatic nitrogens is 2. The van der Waals surface area contributed by atoms with Gasteiger partial charge >= 0.3 is 0 Å². The molecule has 0 spiro atoms. The number of nitrogens with two attached hydrogens (primary N) is 1. The van der Waals surface area contributed by atoms with Crippen LogP contribution >= 0.6 is 11.3 Å². The van der Waals surface area contributed by atoms with Crippen molar-refractivity contribution >= 4 is 11.3 Å². The van der Waals surface area contributed by atoms with Gasteiger partial charge in [-0.3, -0.25) is 0 Å². The first-order chi connectivity index (χ1) is 9.19. The molecule has 1 aliphatic rings. The molecule has 1 aliphatic carbocycles. The normalized spacial score (nSPS) is 19.3. The predicted molar refractivity (Wildman–Crippen MR) is 75.9 cm³/mol. The largest absolute Gasteiger partial charge is 0.334 e. The van der Waals surface area contributed by atoms with Crippen LogP contribution in [0.3, 0.4) is 0 Å². The first-order valence-corrected chi connectivity index (χ1v) is 7.79. The first-order valence-electron chi connectivity index (χ1n) is 6.85. The average molecular weight is 277 g/mol. The fourth-order valence-corrected chi connectivity index (χ4v) is 3.52. The van der Waals surface area contributed by atoms with Crippen LogP contribution in [0.15, 0.2) is 15.3 Å². The highest BCUT2D eigenvalue weighted by atomic mass is 32.1. The molecule has 0 radical (unpaired) electrons. The van der Waals surface area contributed by atoms with Crippen LogP contribution in [0.2, 0.25) is 0 Å². The molecule has 102 valence electrons. The Bertz CT molecular complexity index is 553. The van der Waals surface area contributed by atoms with Crippen LogP contribution in [-0.4, -0.2) is 10.1 Å². The lowest BCUT2D eigenvalue weighted by Crippen LogP contribution is -2.37. The van der Waals surface area contributed by atoms with Crippen LogP contribution < -0.4 is 5.73 Å². The minimum Gasteiger partial charge on any atom is -0.334 e. The van der Waals surface area contributed by atoms with Gasteiger partial charge in [0.25, 0.3) is 5.89 Å². The summed E-state index contributed by atoms with van der Waals surface area (Å²) in [5.41, 5.74) is 8.30. The molecule has 3 rings (SSSR count). The van der Waals surface area contributed by atoms with Crippen molar-refractivity contribution < 1.29 is 4.52 Å². The van der Waals surface area contributed by atoms with Crippen LogP contribution in [0.25, 0.3) is 11.5 Å². The Hall–Kier alpha value is -1.20. The summed E-state index contributed by atoms with van der Waals surface area (Å²) in [4.78, 5) is 4.55. The van der Waals surface area contributed by atoms with Gasteiger partial charge < -0.3 is 10.3 Å². The molecular formula is C14H19N3OS. The van der Waals surface area contributed by atoms with Crippen LogP contribution in [0.5, 0.6) is 0 Å². The van der Waals surface area contributed by atoms with Gasteiger partial charge in [0, 0.05) is 5.38 Å². The van der Waals surface area contributed by atoms with Crippen molar-refractivity contribution in [3.63, 3.8) is 0 Å². The quantitative estimate of drug-likeness (QED) is 0.851. The molecule has 1 fully saturated rings. The smallest absolute Gasteiger partial charge is 0.259 e. The third-order valence-electron chi connectivity index (χ3n) is 3.95. The number of aryl methyl sites for hydroxylation is 1. The molecule has 0 amide bonds. The number of rotatable bonds is 2. The van der Waals surface area contributed by atoms with Crippen molar-refractivity contribution in [3.05, 3.63) is 22.1 Å². The zero-order chi connectivity index (χ0) is 13.3. The van der Waals surface area contributed by atoms with Gasteiger partial charge in [0.15, 0.2) is 5.82 Å². The van der Waals surface area contributed by atoms with Gasteiger partial charge in [0.2, 0.25) is 0 Å². The third kappa shape index (κ3) is 2.44. The minimum absolute atomic E-state index is 0.401. The molecule has 0 aliphatic heterocycles. The second-order valence-corrected chi connectivity index (χ2v) is 6.21. The summed E-state index contributed by atoms with van der Waals surface area (Å²) in [5.74, 6) is 1.28. The summed E-state index contributed by atoms with van der Waals surface area (Å²) in [6.45, 7) is 2.06. The zero-order valence-electron chi connectivity index (χ0n) is 11.2. The lowest BCUT2D eigenvalue weighted by atomic mass is 9.91. The van der Waals surface area contributed by atoms with E-state index in [0.29, 0.717) is 11.7 Å². The number of thiophene rings is 1. The molecule has 2 aromatic heterocycles.